The zero-order valence-electron chi connectivity index (χ0n) is 27.9. The van der Waals surface area contributed by atoms with Gasteiger partial charge in [0.25, 0.3) is 0 Å². The molecule has 0 N–H and O–H groups in total. The number of benzene rings is 2. The van der Waals surface area contributed by atoms with Crippen LogP contribution in [-0.4, -0.2) is 68.9 Å². The molecule has 9 nitrogen and oxygen atoms in total. The first-order valence-electron chi connectivity index (χ1n) is 16.5. The van der Waals surface area contributed by atoms with Gasteiger partial charge in [-0.2, -0.15) is 5.10 Å². The minimum atomic E-state index is -0.547. The third kappa shape index (κ3) is 5.84. The number of likely N-dealkylation sites (tertiary alicyclic amines) is 1. The quantitative estimate of drug-likeness (QED) is 0.214. The maximum Gasteiger partial charge on any atom is 0.410 e. The van der Waals surface area contributed by atoms with E-state index in [0.29, 0.717) is 31.9 Å². The Bertz CT molecular complexity index is 1940. The van der Waals surface area contributed by atoms with Crippen LogP contribution < -0.4 is 4.74 Å². The van der Waals surface area contributed by atoms with Gasteiger partial charge >= 0.3 is 6.09 Å². The van der Waals surface area contributed by atoms with E-state index >= 15 is 0 Å². The fourth-order valence-electron chi connectivity index (χ4n) is 7.04. The van der Waals surface area contributed by atoms with Crippen LogP contribution in [0.3, 0.4) is 0 Å². The van der Waals surface area contributed by atoms with Gasteiger partial charge in [0.15, 0.2) is 0 Å². The summed E-state index contributed by atoms with van der Waals surface area (Å²) in [5.74, 6) is -0.000804. The maximum atomic E-state index is 14.4. The highest BCUT2D eigenvalue weighted by atomic mass is 19.1. The number of rotatable bonds is 6. The molecule has 248 valence electrons. The van der Waals surface area contributed by atoms with Crippen LogP contribution in [0.4, 0.5) is 9.18 Å². The Labute approximate surface area is 280 Å². The zero-order chi connectivity index (χ0) is 33.7. The summed E-state index contributed by atoms with van der Waals surface area (Å²) in [6, 6.07) is 11.1. The smallest absolute Gasteiger partial charge is 0.410 e. The molecule has 2 amide bonds. The topological polar surface area (TPSA) is 89.8 Å². The normalized spacial score (nSPS) is 15.9. The third-order valence-corrected chi connectivity index (χ3v) is 9.44. The van der Waals surface area contributed by atoms with Crippen molar-refractivity contribution in [3.05, 3.63) is 89.5 Å². The zero-order valence-corrected chi connectivity index (χ0v) is 27.9. The van der Waals surface area contributed by atoms with Crippen molar-refractivity contribution in [2.24, 2.45) is 0 Å². The predicted octanol–water partition coefficient (Wildman–Crippen LogP) is 6.78. The summed E-state index contributed by atoms with van der Waals surface area (Å²) in [5, 5.41) is 4.70. The van der Waals surface area contributed by atoms with E-state index in [0.717, 1.165) is 64.9 Å². The van der Waals surface area contributed by atoms with E-state index in [1.165, 1.54) is 34.9 Å². The van der Waals surface area contributed by atoms with Gasteiger partial charge in [0.2, 0.25) is 5.91 Å². The van der Waals surface area contributed by atoms with Crippen molar-refractivity contribution in [1.82, 2.24) is 24.6 Å². The highest BCUT2D eigenvalue weighted by Crippen LogP contribution is 2.46. The first-order valence-corrected chi connectivity index (χ1v) is 16.5. The summed E-state index contributed by atoms with van der Waals surface area (Å²) in [6.45, 7) is 11.4. The number of hydrogen-bond acceptors (Lipinski definition) is 6. The molecule has 0 radical (unpaired) electrons. The molecule has 0 bridgehead atoms. The monoisotopic (exact) mass is 649 g/mol. The van der Waals surface area contributed by atoms with Crippen molar-refractivity contribution < 1.29 is 23.5 Å². The molecule has 4 aromatic rings. The number of ether oxygens (including phenoxy) is 2. The van der Waals surface area contributed by atoms with E-state index in [-0.39, 0.29) is 23.9 Å². The van der Waals surface area contributed by atoms with E-state index in [1.807, 2.05) is 37.8 Å². The number of methoxy groups -OCH3 is 1. The van der Waals surface area contributed by atoms with Gasteiger partial charge in [0.05, 0.1) is 30.7 Å². The number of nitrogens with zero attached hydrogens (tertiary/aromatic N) is 5. The lowest BCUT2D eigenvalue weighted by molar-refractivity contribution is -0.131. The van der Waals surface area contributed by atoms with E-state index in [1.54, 1.807) is 23.0 Å². The fraction of sp³-hybridized carbons (Fsp3) is 0.368. The molecule has 2 aromatic carbocycles. The summed E-state index contributed by atoms with van der Waals surface area (Å²) in [6.07, 6.45) is 8.30. The molecule has 7 rings (SSSR count). The first kappa shape index (κ1) is 31.6. The summed E-state index contributed by atoms with van der Waals surface area (Å²) >= 11 is 0. The standard InChI is InChI=1S/C38H40FN5O4/c1-6-33(45)43-21-28(22-43)44-20-26(18-40-44)36-34(31-13-12-27(39)17-32(31)47-5)29-8-7-9-30(29)35(41-36)24-10-11-25-19-42(15-14-23(25)16-24)37(46)48-38(2,3)4/h6,10-13,16-18,20,28H,1,7-9,14-15,19,21-22H2,2-5H3. The number of hydrogen-bond donors (Lipinski definition) is 0. The SMILES string of the molecule is C=CC(=O)N1CC(n2cc(-c3nc(-c4ccc5c(c4)CCN(C(=O)OC(C)(C)C)C5)c4c(c3-c3ccc(F)cc3OC)CCC4)cn2)C1. The molecule has 1 saturated heterocycles. The van der Waals surface area contributed by atoms with Gasteiger partial charge in [-0.1, -0.05) is 18.7 Å². The van der Waals surface area contributed by atoms with E-state index in [4.69, 9.17) is 19.6 Å². The Morgan fingerprint density at radius 1 is 0.979 bits per heavy atom. The second-order valence-corrected chi connectivity index (χ2v) is 13.8. The molecule has 10 heteroatoms. The lowest BCUT2D eigenvalue weighted by Crippen LogP contribution is -2.50. The van der Waals surface area contributed by atoms with Crippen LogP contribution in [0.25, 0.3) is 33.6 Å². The molecule has 2 aromatic heterocycles. The van der Waals surface area contributed by atoms with Gasteiger partial charge in [-0.05, 0) is 93.0 Å². The van der Waals surface area contributed by atoms with Gasteiger partial charge in [-0.25, -0.2) is 14.2 Å². The second kappa shape index (κ2) is 12.2. The molecule has 0 saturated carbocycles. The van der Waals surface area contributed by atoms with Crippen LogP contribution in [-0.2, 0) is 35.3 Å². The fourth-order valence-corrected chi connectivity index (χ4v) is 7.04. The Morgan fingerprint density at radius 3 is 2.52 bits per heavy atom. The lowest BCUT2D eigenvalue weighted by atomic mass is 9.89. The van der Waals surface area contributed by atoms with Crippen LogP contribution in [0.1, 0.15) is 55.5 Å². The molecule has 1 aliphatic carbocycles. The minimum Gasteiger partial charge on any atom is -0.496 e. The molecular weight excluding hydrogens is 609 g/mol. The average molecular weight is 650 g/mol. The number of aromatic nitrogens is 3. The summed E-state index contributed by atoms with van der Waals surface area (Å²) in [7, 11) is 1.56. The Kier molecular flexibility index (Phi) is 8.05. The van der Waals surface area contributed by atoms with Gasteiger partial charge in [0, 0.05) is 60.7 Å². The molecule has 1 fully saturated rings. The second-order valence-electron chi connectivity index (χ2n) is 13.8. The molecule has 0 unspecified atom stereocenters. The Balaban J connectivity index is 1.30. The van der Waals surface area contributed by atoms with Crippen molar-refractivity contribution in [3.63, 3.8) is 0 Å². The highest BCUT2D eigenvalue weighted by molar-refractivity contribution is 5.90. The molecule has 48 heavy (non-hydrogen) atoms. The lowest BCUT2D eigenvalue weighted by Gasteiger charge is -2.38. The average Bonchev–Trinajstić information content (AvgIpc) is 3.73. The largest absolute Gasteiger partial charge is 0.496 e. The maximum absolute atomic E-state index is 14.4. The molecule has 4 heterocycles. The Hall–Kier alpha value is -4.99. The van der Waals surface area contributed by atoms with Crippen LogP contribution in [0, 0.1) is 5.82 Å². The molecule has 0 spiro atoms. The number of carbonyl (C=O) groups is 2. The summed E-state index contributed by atoms with van der Waals surface area (Å²) in [5.41, 5.74) is 9.41. The first-order chi connectivity index (χ1) is 23.0. The van der Waals surface area contributed by atoms with Crippen molar-refractivity contribution >= 4 is 12.0 Å². The van der Waals surface area contributed by atoms with Crippen LogP contribution in [0.2, 0.25) is 0 Å². The molecule has 0 atom stereocenters. The number of amides is 2. The number of carbonyl (C=O) groups excluding carboxylic acids is 2. The summed E-state index contributed by atoms with van der Waals surface area (Å²) in [4.78, 5) is 33.7. The summed E-state index contributed by atoms with van der Waals surface area (Å²) < 4.78 is 27.6. The van der Waals surface area contributed by atoms with Crippen molar-refractivity contribution in [2.75, 3.05) is 26.7 Å². The van der Waals surface area contributed by atoms with Crippen LogP contribution >= 0.6 is 0 Å². The molecule has 2 aliphatic heterocycles. The molecule has 3 aliphatic rings. The molecular formula is C38H40FN5O4. The number of halogens is 1. The highest BCUT2D eigenvalue weighted by Gasteiger charge is 2.33. The van der Waals surface area contributed by atoms with Crippen molar-refractivity contribution in [1.29, 1.82) is 0 Å². The number of fused-ring (bicyclic) bond motifs is 2. The van der Waals surface area contributed by atoms with Crippen molar-refractivity contribution in [2.45, 2.75) is 64.6 Å². The van der Waals surface area contributed by atoms with Gasteiger partial charge in [-0.15, -0.1) is 0 Å². The Morgan fingerprint density at radius 2 is 1.77 bits per heavy atom. The van der Waals surface area contributed by atoms with Crippen LogP contribution in [0.5, 0.6) is 5.75 Å². The minimum absolute atomic E-state index is 0.0567. The van der Waals surface area contributed by atoms with E-state index < -0.39 is 5.60 Å². The van der Waals surface area contributed by atoms with Gasteiger partial charge in [0.1, 0.15) is 17.2 Å². The van der Waals surface area contributed by atoms with Gasteiger partial charge < -0.3 is 19.3 Å². The van der Waals surface area contributed by atoms with Gasteiger partial charge in [-0.3, -0.25) is 9.48 Å². The predicted molar refractivity (Wildman–Crippen MR) is 181 cm³/mol. The van der Waals surface area contributed by atoms with E-state index in [9.17, 15) is 14.0 Å². The van der Waals surface area contributed by atoms with Crippen LogP contribution in [0.15, 0.2) is 61.4 Å². The third-order valence-electron chi connectivity index (χ3n) is 9.44. The number of pyridine rings is 1. The van der Waals surface area contributed by atoms with E-state index in [2.05, 4.69) is 24.8 Å². The van der Waals surface area contributed by atoms with Crippen molar-refractivity contribution in [3.8, 4) is 39.4 Å².